The molecule has 1 rings (SSSR count). The van der Waals surface area contributed by atoms with Gasteiger partial charge in [0.05, 0.1) is 12.5 Å². The van der Waals surface area contributed by atoms with E-state index in [1.165, 1.54) is 0 Å². The van der Waals surface area contributed by atoms with Crippen molar-refractivity contribution in [1.29, 1.82) is 5.26 Å². The van der Waals surface area contributed by atoms with Crippen LogP contribution in [0.15, 0.2) is 24.3 Å². The number of rotatable bonds is 4. The Hall–Kier alpha value is -2.02. The van der Waals surface area contributed by atoms with E-state index in [0.29, 0.717) is 0 Å². The second-order valence-corrected chi connectivity index (χ2v) is 3.37. The van der Waals surface area contributed by atoms with E-state index < -0.39 is 11.9 Å². The summed E-state index contributed by atoms with van der Waals surface area (Å²) in [5, 5.41) is 11.7. The average Bonchev–Trinajstić information content (AvgIpc) is 2.16. The maximum Gasteiger partial charge on any atom is 0.220 e. The maximum absolute atomic E-state index is 10.7. The van der Waals surface area contributed by atoms with Gasteiger partial charge >= 0.3 is 0 Å². The van der Waals surface area contributed by atoms with Crippen LogP contribution in [0.5, 0.6) is 0 Å². The molecule has 1 amide bonds. The van der Waals surface area contributed by atoms with Crippen LogP contribution in [0.25, 0.3) is 0 Å². The summed E-state index contributed by atoms with van der Waals surface area (Å²) in [4.78, 5) is 10.7. The number of nitrogens with zero attached hydrogens (tertiary/aromatic N) is 1. The van der Waals surface area contributed by atoms with Gasteiger partial charge in [0.15, 0.2) is 0 Å². The van der Waals surface area contributed by atoms with Gasteiger partial charge in [-0.3, -0.25) is 4.79 Å². The quantitative estimate of drug-likeness (QED) is 0.771. The Bertz CT molecular complexity index is 395. The zero-order valence-corrected chi connectivity index (χ0v) is 8.53. The van der Waals surface area contributed by atoms with Gasteiger partial charge in [-0.05, 0) is 24.6 Å². The first-order valence-electron chi connectivity index (χ1n) is 4.63. The summed E-state index contributed by atoms with van der Waals surface area (Å²) in [6, 6.07) is 9.02. The van der Waals surface area contributed by atoms with Crippen LogP contribution in [0.1, 0.15) is 12.0 Å². The van der Waals surface area contributed by atoms with E-state index >= 15 is 0 Å². The van der Waals surface area contributed by atoms with Crippen LogP contribution in [0, 0.1) is 18.3 Å². The minimum absolute atomic E-state index is 0.0183. The number of amides is 1. The number of nitrogens with one attached hydrogen (secondary N) is 1. The Morgan fingerprint density at radius 1 is 1.67 bits per heavy atom. The Balaban J connectivity index is 2.67. The van der Waals surface area contributed by atoms with E-state index in [1.54, 1.807) is 0 Å². The third-order valence-electron chi connectivity index (χ3n) is 1.92. The van der Waals surface area contributed by atoms with Gasteiger partial charge in [-0.1, -0.05) is 12.1 Å². The van der Waals surface area contributed by atoms with Gasteiger partial charge in [0.25, 0.3) is 0 Å². The number of anilines is 1. The van der Waals surface area contributed by atoms with E-state index in [1.807, 2.05) is 37.3 Å². The van der Waals surface area contributed by atoms with Gasteiger partial charge in [0, 0.05) is 5.69 Å². The molecule has 1 atom stereocenters. The molecular formula is C11H13N3O. The number of hydrogen-bond acceptors (Lipinski definition) is 3. The smallest absolute Gasteiger partial charge is 0.220 e. The molecule has 15 heavy (non-hydrogen) atoms. The standard InChI is InChI=1S/C11H13N3O/c1-8-3-2-4-9(5-8)14-10(7-12)6-11(13)15/h2-5,10,14H,6H2,1H3,(H2,13,15). The normalized spacial score (nSPS) is 11.5. The monoisotopic (exact) mass is 203 g/mol. The van der Waals surface area contributed by atoms with Gasteiger partial charge in [-0.15, -0.1) is 0 Å². The SMILES string of the molecule is Cc1cccc(NC(C#N)CC(N)=O)c1. The molecule has 0 spiro atoms. The molecule has 3 N–H and O–H groups in total. The molecule has 0 saturated heterocycles. The minimum Gasteiger partial charge on any atom is -0.370 e. The highest BCUT2D eigenvalue weighted by Crippen LogP contribution is 2.11. The molecule has 4 heteroatoms. The largest absolute Gasteiger partial charge is 0.370 e. The fraction of sp³-hybridized carbons (Fsp3) is 0.273. The first-order chi connectivity index (χ1) is 7.11. The van der Waals surface area contributed by atoms with Gasteiger partial charge in [-0.25, -0.2) is 0 Å². The van der Waals surface area contributed by atoms with Gasteiger partial charge in [-0.2, -0.15) is 5.26 Å². The first kappa shape index (κ1) is 11.1. The molecule has 1 unspecified atom stereocenters. The second kappa shape index (κ2) is 5.01. The molecule has 1 aromatic carbocycles. The predicted octanol–water partition coefficient (Wildman–Crippen LogP) is 1.17. The highest BCUT2D eigenvalue weighted by atomic mass is 16.1. The molecular weight excluding hydrogens is 190 g/mol. The highest BCUT2D eigenvalue weighted by Gasteiger charge is 2.10. The number of hydrogen-bond donors (Lipinski definition) is 2. The van der Waals surface area contributed by atoms with Crippen molar-refractivity contribution in [2.75, 3.05) is 5.32 Å². The third kappa shape index (κ3) is 3.69. The summed E-state index contributed by atoms with van der Waals surface area (Å²) in [7, 11) is 0. The average molecular weight is 203 g/mol. The molecule has 0 saturated carbocycles. The Morgan fingerprint density at radius 2 is 2.40 bits per heavy atom. The first-order valence-corrected chi connectivity index (χ1v) is 4.63. The molecule has 4 nitrogen and oxygen atoms in total. The van der Waals surface area contributed by atoms with Gasteiger partial charge < -0.3 is 11.1 Å². The molecule has 0 aliphatic rings. The molecule has 0 bridgehead atoms. The number of aryl methyl sites for hydroxylation is 1. The van der Waals surface area contributed by atoms with Crippen molar-refractivity contribution in [3.05, 3.63) is 29.8 Å². The minimum atomic E-state index is -0.565. The summed E-state index contributed by atoms with van der Waals surface area (Å²) in [6.07, 6.45) is 0.0183. The maximum atomic E-state index is 10.7. The number of carbonyl (C=O) groups excluding carboxylic acids is 1. The van der Waals surface area contributed by atoms with Crippen molar-refractivity contribution >= 4 is 11.6 Å². The van der Waals surface area contributed by atoms with E-state index in [4.69, 9.17) is 11.0 Å². The molecule has 0 heterocycles. The summed E-state index contributed by atoms with van der Waals surface area (Å²) in [5.74, 6) is -0.485. The fourth-order valence-corrected chi connectivity index (χ4v) is 1.27. The lowest BCUT2D eigenvalue weighted by atomic mass is 10.2. The zero-order valence-electron chi connectivity index (χ0n) is 8.53. The summed E-state index contributed by atoms with van der Waals surface area (Å²) < 4.78 is 0. The molecule has 0 fully saturated rings. The van der Waals surface area contributed by atoms with Crippen molar-refractivity contribution in [2.45, 2.75) is 19.4 Å². The van der Waals surface area contributed by atoms with Gasteiger partial charge in [0.1, 0.15) is 6.04 Å². The number of benzene rings is 1. The molecule has 1 aromatic rings. The van der Waals surface area contributed by atoms with Crippen molar-refractivity contribution in [2.24, 2.45) is 5.73 Å². The van der Waals surface area contributed by atoms with E-state index in [0.717, 1.165) is 11.3 Å². The van der Waals surface area contributed by atoms with Crippen molar-refractivity contribution in [1.82, 2.24) is 0 Å². The van der Waals surface area contributed by atoms with E-state index in [2.05, 4.69) is 5.32 Å². The fourth-order valence-electron chi connectivity index (χ4n) is 1.27. The molecule has 78 valence electrons. The Morgan fingerprint density at radius 3 is 2.93 bits per heavy atom. The lowest BCUT2D eigenvalue weighted by Crippen LogP contribution is -2.25. The van der Waals surface area contributed by atoms with Crippen LogP contribution in [0.3, 0.4) is 0 Å². The van der Waals surface area contributed by atoms with E-state index in [9.17, 15) is 4.79 Å². The molecule has 0 aliphatic carbocycles. The zero-order chi connectivity index (χ0) is 11.3. The number of primary amides is 1. The molecule has 0 aromatic heterocycles. The second-order valence-electron chi connectivity index (χ2n) is 3.37. The van der Waals surface area contributed by atoms with Crippen LogP contribution < -0.4 is 11.1 Å². The third-order valence-corrected chi connectivity index (χ3v) is 1.92. The van der Waals surface area contributed by atoms with Crippen molar-refractivity contribution in [3.63, 3.8) is 0 Å². The van der Waals surface area contributed by atoms with Crippen LogP contribution in [-0.4, -0.2) is 11.9 Å². The highest BCUT2D eigenvalue weighted by molar-refractivity contribution is 5.75. The number of nitrogens with two attached hydrogens (primary N) is 1. The summed E-state index contributed by atoms with van der Waals surface area (Å²) >= 11 is 0. The Labute approximate surface area is 88.7 Å². The van der Waals surface area contributed by atoms with Crippen molar-refractivity contribution < 1.29 is 4.79 Å². The summed E-state index contributed by atoms with van der Waals surface area (Å²) in [6.45, 7) is 1.96. The molecule has 0 aliphatic heterocycles. The van der Waals surface area contributed by atoms with Crippen LogP contribution in [0.4, 0.5) is 5.69 Å². The predicted molar refractivity (Wildman–Crippen MR) is 58.0 cm³/mol. The lowest BCUT2D eigenvalue weighted by Gasteiger charge is -2.11. The summed E-state index contributed by atoms with van der Waals surface area (Å²) in [5.41, 5.74) is 6.94. The molecule has 0 radical (unpaired) electrons. The number of carbonyl (C=O) groups is 1. The van der Waals surface area contributed by atoms with Crippen molar-refractivity contribution in [3.8, 4) is 6.07 Å². The van der Waals surface area contributed by atoms with Crippen LogP contribution in [-0.2, 0) is 4.79 Å². The number of nitriles is 1. The van der Waals surface area contributed by atoms with E-state index in [-0.39, 0.29) is 6.42 Å². The topological polar surface area (TPSA) is 78.9 Å². The van der Waals surface area contributed by atoms with Gasteiger partial charge in [0.2, 0.25) is 5.91 Å². The lowest BCUT2D eigenvalue weighted by molar-refractivity contribution is -0.118. The van der Waals surface area contributed by atoms with Crippen LogP contribution in [0.2, 0.25) is 0 Å². The van der Waals surface area contributed by atoms with Crippen LogP contribution >= 0.6 is 0 Å². The Kier molecular flexibility index (Phi) is 3.69.